The predicted molar refractivity (Wildman–Crippen MR) is 165 cm³/mol. The second-order valence-electron chi connectivity index (χ2n) is 8.96. The van der Waals surface area contributed by atoms with Crippen LogP contribution in [0, 0.1) is 5.82 Å². The predicted octanol–water partition coefficient (Wildman–Crippen LogP) is 7.69. The Labute approximate surface area is 250 Å². The van der Waals surface area contributed by atoms with Crippen LogP contribution in [-0.2, 0) is 4.79 Å². The topological polar surface area (TPSA) is 89.5 Å². The van der Waals surface area contributed by atoms with Gasteiger partial charge in [0.15, 0.2) is 5.13 Å². The molecule has 1 heterocycles. The summed E-state index contributed by atoms with van der Waals surface area (Å²) < 4.78 is 24.0. The third kappa shape index (κ3) is 6.79. The Morgan fingerprint density at radius 1 is 0.833 bits per heavy atom. The van der Waals surface area contributed by atoms with Crippen molar-refractivity contribution in [2.24, 2.45) is 0 Å². The number of anilines is 2. The summed E-state index contributed by atoms with van der Waals surface area (Å²) in [5, 5.41) is 7.51. The van der Waals surface area contributed by atoms with Crippen molar-refractivity contribution in [1.29, 1.82) is 0 Å². The molecule has 0 saturated heterocycles. The number of ether oxygens (including phenoxy) is 2. The molecule has 1 unspecified atom stereocenters. The quantitative estimate of drug-likeness (QED) is 0.160. The average molecular weight is 600 g/mol. The largest absolute Gasteiger partial charge is 0.496 e. The van der Waals surface area contributed by atoms with Gasteiger partial charge in [-0.2, -0.15) is 0 Å². The minimum atomic E-state index is -0.567. The summed E-state index contributed by atoms with van der Waals surface area (Å²) in [4.78, 5) is 31.9. The van der Waals surface area contributed by atoms with E-state index < -0.39 is 5.25 Å². The molecule has 2 N–H and O–H groups in total. The first-order valence-electron chi connectivity index (χ1n) is 12.8. The zero-order chi connectivity index (χ0) is 29.5. The Kier molecular flexibility index (Phi) is 9.15. The van der Waals surface area contributed by atoms with Gasteiger partial charge in [0.2, 0.25) is 5.91 Å². The van der Waals surface area contributed by atoms with E-state index >= 15 is 0 Å². The molecule has 0 bridgehead atoms. The van der Waals surface area contributed by atoms with Gasteiger partial charge in [-0.15, -0.1) is 23.1 Å². The minimum Gasteiger partial charge on any atom is -0.496 e. The number of halogens is 1. The smallest absolute Gasteiger partial charge is 0.263 e. The zero-order valence-electron chi connectivity index (χ0n) is 22.7. The van der Waals surface area contributed by atoms with Crippen LogP contribution in [0.5, 0.6) is 11.5 Å². The van der Waals surface area contributed by atoms with Gasteiger partial charge < -0.3 is 20.1 Å². The highest BCUT2D eigenvalue weighted by atomic mass is 32.2. The number of hydrogen-bond acceptors (Lipinski definition) is 7. The van der Waals surface area contributed by atoms with Crippen LogP contribution in [0.15, 0.2) is 107 Å². The summed E-state index contributed by atoms with van der Waals surface area (Å²) in [6.07, 6.45) is 0. The lowest BCUT2D eigenvalue weighted by atomic mass is 10.1. The van der Waals surface area contributed by atoms with Gasteiger partial charge in [-0.25, -0.2) is 9.37 Å². The van der Waals surface area contributed by atoms with E-state index in [2.05, 4.69) is 15.6 Å². The van der Waals surface area contributed by atoms with Gasteiger partial charge in [-0.05, 0) is 66.2 Å². The molecular formula is C32H26FN3O4S2. The highest BCUT2D eigenvalue weighted by molar-refractivity contribution is 8.00. The molecule has 7 nitrogen and oxygen atoms in total. The molecule has 4 aromatic carbocycles. The number of nitrogens with one attached hydrogen (secondary N) is 2. The Balaban J connectivity index is 1.31. The van der Waals surface area contributed by atoms with E-state index in [0.29, 0.717) is 33.6 Å². The van der Waals surface area contributed by atoms with Crippen LogP contribution in [0.4, 0.5) is 15.2 Å². The molecule has 0 aliphatic heterocycles. The van der Waals surface area contributed by atoms with E-state index in [1.54, 1.807) is 42.5 Å². The summed E-state index contributed by atoms with van der Waals surface area (Å²) in [6.45, 7) is 0. The third-order valence-corrected chi connectivity index (χ3v) is 8.26. The normalized spacial score (nSPS) is 11.4. The Morgan fingerprint density at radius 3 is 2.14 bits per heavy atom. The summed E-state index contributed by atoms with van der Waals surface area (Å²) in [5.74, 6) is -0.111. The molecular weight excluding hydrogens is 574 g/mol. The van der Waals surface area contributed by atoms with E-state index in [4.69, 9.17) is 9.47 Å². The number of aromatic nitrogens is 1. The van der Waals surface area contributed by atoms with Gasteiger partial charge in [-0.1, -0.05) is 36.4 Å². The molecule has 1 aromatic heterocycles. The standard InChI is InChI=1S/C32H26FN3O4S2/c1-39-26-9-6-10-27(40-2)28(26)30(37)34-23-15-17-24(18-16-23)42-29(21-7-4-3-5-8-21)31(38)36-32-35-25(19-41-32)20-11-13-22(33)14-12-20/h3-19,29H,1-2H3,(H,34,37)(H,35,36,38). The zero-order valence-corrected chi connectivity index (χ0v) is 24.3. The molecule has 212 valence electrons. The van der Waals surface area contributed by atoms with E-state index in [0.717, 1.165) is 16.0 Å². The van der Waals surface area contributed by atoms with Crippen molar-refractivity contribution in [2.45, 2.75) is 10.1 Å². The highest BCUT2D eigenvalue weighted by Gasteiger charge is 2.24. The van der Waals surface area contributed by atoms with Crippen LogP contribution in [0.3, 0.4) is 0 Å². The fraction of sp³-hybridized carbons (Fsp3) is 0.0938. The first kappa shape index (κ1) is 28.8. The first-order chi connectivity index (χ1) is 20.4. The average Bonchev–Trinajstić information content (AvgIpc) is 3.49. The second-order valence-corrected chi connectivity index (χ2v) is 11.0. The Bertz CT molecular complexity index is 1650. The van der Waals surface area contributed by atoms with Crippen molar-refractivity contribution >= 4 is 45.7 Å². The molecule has 0 fully saturated rings. The minimum absolute atomic E-state index is 0.230. The van der Waals surface area contributed by atoms with Crippen molar-refractivity contribution in [1.82, 2.24) is 4.98 Å². The molecule has 1 atom stereocenters. The molecule has 5 rings (SSSR count). The van der Waals surface area contributed by atoms with Crippen LogP contribution in [0.25, 0.3) is 11.3 Å². The summed E-state index contributed by atoms with van der Waals surface area (Å²) in [6, 6.07) is 27.9. The number of benzene rings is 4. The van der Waals surface area contributed by atoms with Crippen molar-refractivity contribution in [3.05, 3.63) is 119 Å². The summed E-state index contributed by atoms with van der Waals surface area (Å²) >= 11 is 2.68. The van der Waals surface area contributed by atoms with Gasteiger partial charge in [0.05, 0.1) is 19.9 Å². The molecule has 5 aromatic rings. The monoisotopic (exact) mass is 599 g/mol. The Hall–Kier alpha value is -4.67. The van der Waals surface area contributed by atoms with E-state index in [-0.39, 0.29) is 17.6 Å². The van der Waals surface area contributed by atoms with Crippen LogP contribution >= 0.6 is 23.1 Å². The summed E-state index contributed by atoms with van der Waals surface area (Å²) in [7, 11) is 2.99. The molecule has 0 saturated carbocycles. The fourth-order valence-corrected chi connectivity index (χ4v) is 5.92. The van der Waals surface area contributed by atoms with E-state index in [1.807, 2.05) is 47.8 Å². The lowest BCUT2D eigenvalue weighted by Crippen LogP contribution is -2.19. The van der Waals surface area contributed by atoms with Crippen molar-refractivity contribution in [3.63, 3.8) is 0 Å². The molecule has 10 heteroatoms. The lowest BCUT2D eigenvalue weighted by molar-refractivity contribution is -0.115. The van der Waals surface area contributed by atoms with Crippen molar-refractivity contribution in [3.8, 4) is 22.8 Å². The van der Waals surface area contributed by atoms with Crippen molar-refractivity contribution in [2.75, 3.05) is 24.9 Å². The van der Waals surface area contributed by atoms with Gasteiger partial charge in [-0.3, -0.25) is 9.59 Å². The van der Waals surface area contributed by atoms with E-state index in [1.165, 1.54) is 49.5 Å². The number of nitrogens with zero attached hydrogens (tertiary/aromatic N) is 1. The maximum absolute atomic E-state index is 13.5. The van der Waals surface area contributed by atoms with Crippen LogP contribution in [-0.4, -0.2) is 31.0 Å². The lowest BCUT2D eigenvalue weighted by Gasteiger charge is -2.17. The van der Waals surface area contributed by atoms with E-state index in [9.17, 15) is 14.0 Å². The number of thioether (sulfide) groups is 1. The van der Waals surface area contributed by atoms with Crippen molar-refractivity contribution < 1.29 is 23.5 Å². The molecule has 42 heavy (non-hydrogen) atoms. The molecule has 2 amide bonds. The van der Waals surface area contributed by atoms with Crippen LogP contribution in [0.1, 0.15) is 21.2 Å². The number of carbonyl (C=O) groups excluding carboxylic acids is 2. The van der Waals surface area contributed by atoms with Crippen LogP contribution < -0.4 is 20.1 Å². The number of methoxy groups -OCH3 is 2. The fourth-order valence-electron chi connectivity index (χ4n) is 4.18. The maximum atomic E-state index is 13.5. The number of carbonyl (C=O) groups is 2. The Morgan fingerprint density at radius 2 is 1.50 bits per heavy atom. The highest BCUT2D eigenvalue weighted by Crippen LogP contribution is 2.37. The number of hydrogen-bond donors (Lipinski definition) is 2. The first-order valence-corrected chi connectivity index (χ1v) is 14.6. The number of rotatable bonds is 10. The third-order valence-electron chi connectivity index (χ3n) is 6.24. The number of thiazole rings is 1. The van der Waals surface area contributed by atoms with Gasteiger partial charge in [0.25, 0.3) is 5.91 Å². The van der Waals surface area contributed by atoms with Crippen LogP contribution in [0.2, 0.25) is 0 Å². The maximum Gasteiger partial charge on any atom is 0.263 e. The summed E-state index contributed by atoms with van der Waals surface area (Å²) in [5.41, 5.74) is 3.12. The SMILES string of the molecule is COc1cccc(OC)c1C(=O)Nc1ccc(SC(C(=O)Nc2nc(-c3ccc(F)cc3)cs2)c2ccccc2)cc1. The molecule has 0 radical (unpaired) electrons. The van der Waals surface area contributed by atoms with Gasteiger partial charge >= 0.3 is 0 Å². The number of amides is 2. The van der Waals surface area contributed by atoms with Gasteiger partial charge in [0.1, 0.15) is 28.1 Å². The van der Waals surface area contributed by atoms with Gasteiger partial charge in [0, 0.05) is 21.5 Å². The molecule has 0 spiro atoms. The molecule has 0 aliphatic carbocycles. The molecule has 0 aliphatic rings. The second kappa shape index (κ2) is 13.3.